The van der Waals surface area contributed by atoms with Crippen LogP contribution < -0.4 is 11.2 Å². The highest BCUT2D eigenvalue weighted by Gasteiger charge is 2.48. The Morgan fingerprint density at radius 3 is 2.08 bits per heavy atom. The van der Waals surface area contributed by atoms with Gasteiger partial charge < -0.3 is 5.73 Å². The molecule has 0 heterocycles. The molecule has 3 N–H and O–H groups in total. The topological polar surface area (TPSA) is 116 Å². The third-order valence-corrected chi connectivity index (χ3v) is 4.21. The number of fused-ring (bicyclic) bond motifs is 1. The van der Waals surface area contributed by atoms with E-state index in [0.717, 1.165) is 0 Å². The molecule has 0 aliphatic rings. The van der Waals surface area contributed by atoms with Gasteiger partial charge in [0, 0.05) is 0 Å². The van der Waals surface area contributed by atoms with Crippen LogP contribution in [0.3, 0.4) is 0 Å². The van der Waals surface area contributed by atoms with Gasteiger partial charge in [0.15, 0.2) is 0 Å². The van der Waals surface area contributed by atoms with E-state index in [1.54, 1.807) is 30.3 Å². The second-order valence-electron chi connectivity index (χ2n) is 5.26. The van der Waals surface area contributed by atoms with Crippen molar-refractivity contribution in [1.82, 2.24) is 5.48 Å². The molecule has 11 heteroatoms. The van der Waals surface area contributed by atoms with Crippen molar-refractivity contribution in [2.24, 2.45) is 5.73 Å². The number of primary amides is 1. The highest BCUT2D eigenvalue weighted by molar-refractivity contribution is 7.87. The fourth-order valence-corrected chi connectivity index (χ4v) is 2.64. The summed E-state index contributed by atoms with van der Waals surface area (Å²) in [6, 6.07) is 9.86. The van der Waals surface area contributed by atoms with Gasteiger partial charge in [0.2, 0.25) is 11.8 Å². The zero-order valence-corrected chi connectivity index (χ0v) is 13.9. The first-order valence-electron chi connectivity index (χ1n) is 7.07. The fourth-order valence-electron chi connectivity index (χ4n) is 2.34. The van der Waals surface area contributed by atoms with Gasteiger partial charge in [-0.1, -0.05) is 36.4 Å². The molecular formula is C15H13F3N2O5S. The van der Waals surface area contributed by atoms with Crippen molar-refractivity contribution in [2.75, 3.05) is 0 Å². The molecule has 0 atom stereocenters. The first-order chi connectivity index (χ1) is 12.0. The van der Waals surface area contributed by atoms with Gasteiger partial charge >= 0.3 is 15.6 Å². The second-order valence-corrected chi connectivity index (χ2v) is 6.80. The van der Waals surface area contributed by atoms with E-state index in [4.69, 9.17) is 5.73 Å². The van der Waals surface area contributed by atoms with E-state index in [1.807, 2.05) is 0 Å². The van der Waals surface area contributed by atoms with Crippen LogP contribution in [-0.4, -0.2) is 25.7 Å². The van der Waals surface area contributed by atoms with Crippen LogP contribution in [0.5, 0.6) is 0 Å². The van der Waals surface area contributed by atoms with Crippen molar-refractivity contribution >= 4 is 32.7 Å². The minimum atomic E-state index is -5.94. The molecule has 0 bridgehead atoms. The first kappa shape index (κ1) is 19.7. The lowest BCUT2D eigenvalue weighted by atomic mass is 9.95. The molecule has 0 saturated heterocycles. The van der Waals surface area contributed by atoms with Gasteiger partial charge in [0.25, 0.3) is 0 Å². The Kier molecular flexibility index (Phi) is 5.52. The van der Waals surface area contributed by atoms with Crippen molar-refractivity contribution in [3.8, 4) is 0 Å². The monoisotopic (exact) mass is 390 g/mol. The third kappa shape index (κ3) is 4.49. The minimum absolute atomic E-state index is 0.102. The number of carbonyl (C=O) groups is 2. The molecule has 7 nitrogen and oxygen atoms in total. The summed E-state index contributed by atoms with van der Waals surface area (Å²) in [5.74, 6) is -1.71. The van der Waals surface area contributed by atoms with E-state index in [-0.39, 0.29) is 6.42 Å². The van der Waals surface area contributed by atoms with Gasteiger partial charge in [-0.15, -0.1) is 4.28 Å². The Bertz CT molecular complexity index is 952. The molecule has 0 radical (unpaired) electrons. The Labute approximate surface area is 146 Å². The summed E-state index contributed by atoms with van der Waals surface area (Å²) >= 11 is 0. The number of carbonyl (C=O) groups excluding carboxylic acids is 2. The summed E-state index contributed by atoms with van der Waals surface area (Å²) in [6.07, 6.45) is -0.574. The molecule has 26 heavy (non-hydrogen) atoms. The summed E-state index contributed by atoms with van der Waals surface area (Å²) in [5.41, 5.74) is 1.69. The number of benzene rings is 2. The summed E-state index contributed by atoms with van der Waals surface area (Å²) in [5, 5.41) is 1.21. The summed E-state index contributed by atoms with van der Waals surface area (Å²) in [6.45, 7) is 0. The Morgan fingerprint density at radius 1 is 1.04 bits per heavy atom. The SMILES string of the molecule is NC(=O)Cc1cccc2cccc(CC(=O)NOS(=O)(=O)C(F)(F)F)c12. The quantitative estimate of drug-likeness (QED) is 0.570. The molecule has 0 aliphatic heterocycles. The highest BCUT2D eigenvalue weighted by atomic mass is 32.2. The predicted octanol–water partition coefficient (Wildman–Crippen LogP) is 1.31. The number of nitrogens with one attached hydrogen (secondary N) is 1. The molecule has 0 fully saturated rings. The molecule has 2 aromatic rings. The lowest BCUT2D eigenvalue weighted by molar-refractivity contribution is -0.128. The van der Waals surface area contributed by atoms with E-state index < -0.39 is 33.9 Å². The number of alkyl halides is 3. The lowest BCUT2D eigenvalue weighted by Crippen LogP contribution is -2.35. The third-order valence-electron chi connectivity index (χ3n) is 3.34. The zero-order chi connectivity index (χ0) is 19.5. The summed E-state index contributed by atoms with van der Waals surface area (Å²) in [7, 11) is -5.94. The largest absolute Gasteiger partial charge is 0.525 e. The van der Waals surface area contributed by atoms with Crippen LogP contribution in [0.2, 0.25) is 0 Å². The van der Waals surface area contributed by atoms with Gasteiger partial charge in [-0.2, -0.15) is 21.6 Å². The number of hydrogen-bond acceptors (Lipinski definition) is 5. The number of amides is 2. The Morgan fingerprint density at radius 2 is 1.58 bits per heavy atom. The number of hydrogen-bond donors (Lipinski definition) is 2. The molecule has 0 aromatic heterocycles. The first-order valence-corrected chi connectivity index (χ1v) is 8.48. The highest BCUT2D eigenvalue weighted by Crippen LogP contribution is 2.25. The van der Waals surface area contributed by atoms with Crippen LogP contribution in [0.1, 0.15) is 11.1 Å². The van der Waals surface area contributed by atoms with E-state index in [0.29, 0.717) is 21.9 Å². The Hall–Kier alpha value is -2.66. The van der Waals surface area contributed by atoms with Crippen LogP contribution in [0.4, 0.5) is 13.2 Å². The molecule has 0 aliphatic carbocycles. The van der Waals surface area contributed by atoms with Crippen LogP contribution in [0, 0.1) is 0 Å². The average Bonchev–Trinajstić information content (AvgIpc) is 2.52. The van der Waals surface area contributed by atoms with E-state index in [9.17, 15) is 31.2 Å². The van der Waals surface area contributed by atoms with Gasteiger partial charge in [-0.25, -0.2) is 5.48 Å². The van der Waals surface area contributed by atoms with Crippen LogP contribution in [0.15, 0.2) is 36.4 Å². The average molecular weight is 390 g/mol. The van der Waals surface area contributed by atoms with Crippen LogP contribution in [-0.2, 0) is 36.8 Å². The molecule has 2 aromatic carbocycles. The van der Waals surface area contributed by atoms with Crippen LogP contribution in [0.25, 0.3) is 10.8 Å². The fraction of sp³-hybridized carbons (Fsp3) is 0.200. The maximum Gasteiger partial charge on any atom is 0.525 e. The van der Waals surface area contributed by atoms with Crippen molar-refractivity contribution in [1.29, 1.82) is 0 Å². The number of nitrogens with two attached hydrogens (primary N) is 1. The summed E-state index contributed by atoms with van der Waals surface area (Å²) < 4.78 is 61.6. The van der Waals surface area contributed by atoms with Crippen molar-refractivity contribution in [3.05, 3.63) is 47.5 Å². The number of hydroxylamine groups is 1. The zero-order valence-electron chi connectivity index (χ0n) is 13.0. The molecule has 0 saturated carbocycles. The van der Waals surface area contributed by atoms with Gasteiger partial charge in [0.1, 0.15) is 0 Å². The number of halogens is 3. The summed E-state index contributed by atoms with van der Waals surface area (Å²) in [4.78, 5) is 23.0. The van der Waals surface area contributed by atoms with E-state index in [2.05, 4.69) is 4.28 Å². The maximum absolute atomic E-state index is 12.2. The molecule has 0 spiro atoms. The standard InChI is InChI=1S/C15H13F3N2O5S/c16-15(17,18)26(23,24)25-20-13(22)8-11-6-2-4-9-3-1-5-10(14(9)11)7-12(19)21/h1-6H,7-8H2,(H2,19,21)(H,20,22). The van der Waals surface area contributed by atoms with Crippen molar-refractivity contribution in [2.45, 2.75) is 18.3 Å². The predicted molar refractivity (Wildman–Crippen MR) is 84.8 cm³/mol. The minimum Gasteiger partial charge on any atom is -0.369 e. The number of rotatable bonds is 6. The lowest BCUT2D eigenvalue weighted by Gasteiger charge is -2.12. The Balaban J connectivity index is 2.25. The molecular weight excluding hydrogens is 377 g/mol. The maximum atomic E-state index is 12.2. The van der Waals surface area contributed by atoms with Crippen LogP contribution >= 0.6 is 0 Å². The molecule has 2 rings (SSSR count). The van der Waals surface area contributed by atoms with Gasteiger partial charge in [-0.05, 0) is 21.9 Å². The van der Waals surface area contributed by atoms with Gasteiger partial charge in [-0.3, -0.25) is 9.59 Å². The molecule has 0 unspecified atom stereocenters. The van der Waals surface area contributed by atoms with Gasteiger partial charge in [0.05, 0.1) is 12.8 Å². The van der Waals surface area contributed by atoms with Crippen molar-refractivity contribution in [3.63, 3.8) is 0 Å². The molecule has 140 valence electrons. The molecule has 2 amide bonds. The normalized spacial score (nSPS) is 12.1. The van der Waals surface area contributed by atoms with Crippen molar-refractivity contribution < 1.29 is 35.5 Å². The van der Waals surface area contributed by atoms with E-state index in [1.165, 1.54) is 11.5 Å². The smallest absolute Gasteiger partial charge is 0.369 e. The van der Waals surface area contributed by atoms with E-state index >= 15 is 0 Å². The second kappa shape index (κ2) is 7.30.